The second kappa shape index (κ2) is 15.9. The fraction of sp³-hybridized carbons (Fsp3) is 0.893. The summed E-state index contributed by atoms with van der Waals surface area (Å²) in [6.45, 7) is 4.45. The van der Waals surface area contributed by atoms with E-state index in [0.29, 0.717) is 24.6 Å². The number of nitrogens with one attached hydrogen (secondary N) is 4. The van der Waals surface area contributed by atoms with Gasteiger partial charge in [-0.1, -0.05) is 0 Å². The molecule has 0 radical (unpaired) electrons. The van der Waals surface area contributed by atoms with Crippen LogP contribution in [0.5, 0.6) is 0 Å². The Balaban J connectivity index is 1.44. The number of hydrogen-bond acceptors (Lipinski definition) is 15. The first-order chi connectivity index (χ1) is 20.9. The molecule has 1 amide bonds. The zero-order chi connectivity index (χ0) is 32.0. The van der Waals surface area contributed by atoms with Crippen LogP contribution in [0.25, 0.3) is 0 Å². The van der Waals surface area contributed by atoms with E-state index in [1.807, 2.05) is 6.08 Å². The van der Waals surface area contributed by atoms with E-state index in [1.54, 1.807) is 7.05 Å². The van der Waals surface area contributed by atoms with Crippen molar-refractivity contribution in [3.63, 3.8) is 0 Å². The van der Waals surface area contributed by atoms with Crippen LogP contribution in [0.1, 0.15) is 32.6 Å². The zero-order valence-electron chi connectivity index (χ0n) is 25.6. The molecule has 0 aromatic rings. The van der Waals surface area contributed by atoms with Crippen LogP contribution in [0.2, 0.25) is 0 Å². The van der Waals surface area contributed by atoms with Crippen LogP contribution in [0, 0.1) is 5.92 Å². The first kappa shape index (κ1) is 35.3. The Morgan fingerprint density at radius 1 is 1.16 bits per heavy atom. The molecular weight excluding hydrogens is 578 g/mol. The Kier molecular flexibility index (Phi) is 12.7. The van der Waals surface area contributed by atoms with Crippen LogP contribution in [0.3, 0.4) is 0 Å². The number of aliphatic hydroxyl groups excluding tert-OH is 3. The number of ether oxygens (including phenoxy) is 4. The van der Waals surface area contributed by atoms with Gasteiger partial charge in [0.1, 0.15) is 41.9 Å². The minimum absolute atomic E-state index is 0.0772. The summed E-state index contributed by atoms with van der Waals surface area (Å²) < 4.78 is 24.1. The summed E-state index contributed by atoms with van der Waals surface area (Å²) in [4.78, 5) is 12.6. The number of likely N-dealkylation sites (N-methyl/N-ethyl adjacent to an activating group) is 1. The van der Waals surface area contributed by atoms with E-state index in [1.165, 1.54) is 6.92 Å². The number of carbonyl (C=O) groups excluding carboxylic acids is 1. The van der Waals surface area contributed by atoms with Crippen molar-refractivity contribution < 1.29 is 44.2 Å². The molecule has 0 aromatic carbocycles. The second-order valence-corrected chi connectivity index (χ2v) is 12.6. The first-order valence-corrected chi connectivity index (χ1v) is 15.6. The van der Waals surface area contributed by atoms with Crippen LogP contribution >= 0.6 is 0 Å². The Labute approximate surface area is 258 Å². The molecule has 4 aliphatic rings. The molecule has 1 aliphatic carbocycles. The van der Waals surface area contributed by atoms with Gasteiger partial charge in [0.25, 0.3) is 0 Å². The molecule has 3 aliphatic heterocycles. The van der Waals surface area contributed by atoms with Crippen molar-refractivity contribution in [3.05, 3.63) is 11.8 Å². The van der Waals surface area contributed by atoms with Gasteiger partial charge in [-0.25, -0.2) is 0 Å². The van der Waals surface area contributed by atoms with Gasteiger partial charge in [0.05, 0.1) is 31.3 Å². The molecule has 44 heavy (non-hydrogen) atoms. The number of rotatable bonds is 12. The molecule has 12 atom stereocenters. The Morgan fingerprint density at radius 3 is 2.55 bits per heavy atom. The summed E-state index contributed by atoms with van der Waals surface area (Å²) in [7, 11) is 1.58. The first-order valence-electron chi connectivity index (χ1n) is 15.6. The Morgan fingerprint density at radius 2 is 1.86 bits per heavy atom. The lowest BCUT2D eigenvalue weighted by Crippen LogP contribution is -2.69. The molecule has 0 aromatic heterocycles. The highest BCUT2D eigenvalue weighted by Crippen LogP contribution is 2.32. The van der Waals surface area contributed by atoms with Gasteiger partial charge in [-0.2, -0.15) is 0 Å². The third kappa shape index (κ3) is 8.64. The SMILES string of the molecule is CN[C@@H]1[C@@H](O)[C@@H](O[C@@H]2[C@@H](O)[C@H](O[C@H]3OC(CNCC4CCNCC4)=CC[C@H]3N)[C@@H](N)C[C@H]2NC(=O)[C@@H](O)CN)OC[C@]1(C)O. The highest BCUT2D eigenvalue weighted by Gasteiger charge is 2.52. The number of amides is 1. The van der Waals surface area contributed by atoms with E-state index in [4.69, 9.17) is 36.1 Å². The van der Waals surface area contributed by atoms with E-state index in [9.17, 15) is 25.2 Å². The minimum atomic E-state index is -1.49. The van der Waals surface area contributed by atoms with E-state index >= 15 is 0 Å². The average Bonchev–Trinajstić information content (AvgIpc) is 2.99. The molecule has 16 nitrogen and oxygen atoms in total. The van der Waals surface area contributed by atoms with Crippen molar-refractivity contribution in [2.45, 2.75) is 105 Å². The molecule has 2 saturated heterocycles. The molecule has 1 saturated carbocycles. The van der Waals surface area contributed by atoms with Gasteiger partial charge >= 0.3 is 0 Å². The van der Waals surface area contributed by atoms with Gasteiger partial charge in [-0.3, -0.25) is 4.79 Å². The van der Waals surface area contributed by atoms with Crippen molar-refractivity contribution >= 4 is 5.91 Å². The molecule has 254 valence electrons. The number of nitrogens with two attached hydrogens (primary N) is 3. The van der Waals surface area contributed by atoms with Crippen LogP contribution < -0.4 is 38.5 Å². The summed E-state index contributed by atoms with van der Waals surface area (Å²) >= 11 is 0. The lowest BCUT2D eigenvalue weighted by Gasteiger charge is -2.48. The van der Waals surface area contributed by atoms with Gasteiger partial charge in [0, 0.05) is 12.6 Å². The molecule has 16 heteroatoms. The van der Waals surface area contributed by atoms with E-state index in [2.05, 4.69) is 21.3 Å². The van der Waals surface area contributed by atoms with Gasteiger partial charge < -0.3 is 77.8 Å². The second-order valence-electron chi connectivity index (χ2n) is 12.6. The molecule has 14 N–H and O–H groups in total. The van der Waals surface area contributed by atoms with Crippen molar-refractivity contribution in [1.29, 1.82) is 0 Å². The third-order valence-electron chi connectivity index (χ3n) is 9.02. The highest BCUT2D eigenvalue weighted by atomic mass is 16.7. The summed E-state index contributed by atoms with van der Waals surface area (Å²) in [5, 5.41) is 55.5. The van der Waals surface area contributed by atoms with Gasteiger partial charge in [-0.15, -0.1) is 0 Å². The fourth-order valence-corrected chi connectivity index (χ4v) is 6.39. The van der Waals surface area contributed by atoms with Crippen molar-refractivity contribution in [2.24, 2.45) is 23.1 Å². The average molecular weight is 632 g/mol. The van der Waals surface area contributed by atoms with E-state index < -0.39 is 78.8 Å². The quantitative estimate of drug-likeness (QED) is 0.0966. The minimum Gasteiger partial charge on any atom is -0.467 e. The largest absolute Gasteiger partial charge is 0.467 e. The van der Waals surface area contributed by atoms with Crippen LogP contribution in [0.15, 0.2) is 11.8 Å². The number of hydrogen-bond donors (Lipinski definition) is 11. The maximum Gasteiger partial charge on any atom is 0.250 e. The summed E-state index contributed by atoms with van der Waals surface area (Å²) in [6.07, 6.45) is -3.95. The van der Waals surface area contributed by atoms with Crippen molar-refractivity contribution in [3.8, 4) is 0 Å². The third-order valence-corrected chi connectivity index (χ3v) is 9.02. The topological polar surface area (TPSA) is 261 Å². The molecule has 3 fully saturated rings. The van der Waals surface area contributed by atoms with Crippen molar-refractivity contribution in [1.82, 2.24) is 21.3 Å². The monoisotopic (exact) mass is 631 g/mol. The lowest BCUT2D eigenvalue weighted by atomic mass is 9.83. The van der Waals surface area contributed by atoms with Crippen LogP contribution in [-0.2, 0) is 23.7 Å². The zero-order valence-corrected chi connectivity index (χ0v) is 25.6. The molecular formula is C28H53N7O9. The van der Waals surface area contributed by atoms with E-state index in [-0.39, 0.29) is 19.6 Å². The Bertz CT molecular complexity index is 956. The lowest BCUT2D eigenvalue weighted by molar-refractivity contribution is -0.304. The number of carbonyl (C=O) groups is 1. The maximum atomic E-state index is 12.6. The van der Waals surface area contributed by atoms with E-state index in [0.717, 1.165) is 32.5 Å². The number of piperidine rings is 1. The molecule has 0 unspecified atom stereocenters. The highest BCUT2D eigenvalue weighted by molar-refractivity contribution is 5.81. The maximum absolute atomic E-state index is 12.6. The fourth-order valence-electron chi connectivity index (χ4n) is 6.39. The molecule has 3 heterocycles. The summed E-state index contributed by atoms with van der Waals surface area (Å²) in [5.41, 5.74) is 16.9. The predicted molar refractivity (Wildman–Crippen MR) is 159 cm³/mol. The normalized spacial score (nSPS) is 41.0. The smallest absolute Gasteiger partial charge is 0.250 e. The van der Waals surface area contributed by atoms with Crippen LogP contribution in [-0.4, -0.2) is 146 Å². The van der Waals surface area contributed by atoms with Crippen LogP contribution in [0.4, 0.5) is 0 Å². The number of aliphatic hydroxyl groups is 4. The predicted octanol–water partition coefficient (Wildman–Crippen LogP) is -4.74. The molecule has 4 rings (SSSR count). The molecule has 0 bridgehead atoms. The Hall–Kier alpha value is -1.51. The molecule has 0 spiro atoms. The van der Waals surface area contributed by atoms with Gasteiger partial charge in [0.2, 0.25) is 12.2 Å². The summed E-state index contributed by atoms with van der Waals surface area (Å²) in [6, 6.07) is -3.04. The summed E-state index contributed by atoms with van der Waals surface area (Å²) in [5.74, 6) is 0.514. The van der Waals surface area contributed by atoms with Gasteiger partial charge in [-0.05, 0) is 71.3 Å². The van der Waals surface area contributed by atoms with Gasteiger partial charge in [0.15, 0.2) is 6.29 Å². The van der Waals surface area contributed by atoms with Crippen molar-refractivity contribution in [2.75, 3.05) is 46.4 Å². The standard InChI is InChI=1S/C28H53N7O9/c1-28(40)13-41-27(21(38)24(28)32-2)44-23-18(35-25(39)19(36)10-29)9-17(31)22(20(23)37)43-26-16(30)4-3-15(42-26)12-34-11-14-5-7-33-8-6-14/h3,14,16-24,26-27,32-34,36-38,40H,4-13,29-31H2,1-2H3,(H,35,39)/t16-,17+,18-,19+,20+,21-,22-,23+,24-,26-,27-,28+/m1/s1.